The van der Waals surface area contributed by atoms with Gasteiger partial charge in [-0.15, -0.1) is 6.58 Å². The number of Topliss-reactive ketones (excluding diaryl/α,β-unsaturated/α-hetero) is 1. The van der Waals surface area contributed by atoms with Crippen LogP contribution < -0.4 is 0 Å². The Bertz CT molecular complexity index is 955. The van der Waals surface area contributed by atoms with Crippen LogP contribution in [-0.2, 0) is 20.8 Å². The molecule has 0 N–H and O–H groups in total. The zero-order valence-corrected chi connectivity index (χ0v) is 15.9. The Hall–Kier alpha value is -1.51. The Morgan fingerprint density at radius 2 is 2.23 bits per heavy atom. The summed E-state index contributed by atoms with van der Waals surface area (Å²) in [5.74, 6) is 0.486. The first-order chi connectivity index (χ1) is 12.5. The van der Waals surface area contributed by atoms with Crippen molar-refractivity contribution in [3.8, 4) is 11.4 Å². The van der Waals surface area contributed by atoms with E-state index in [0.717, 1.165) is 0 Å². The number of aromatic nitrogens is 3. The molecule has 26 heavy (non-hydrogen) atoms. The summed E-state index contributed by atoms with van der Waals surface area (Å²) in [4.78, 5) is 12.1. The van der Waals surface area contributed by atoms with Crippen molar-refractivity contribution < 1.29 is 14.3 Å². The van der Waals surface area contributed by atoms with Crippen molar-refractivity contribution in [2.24, 2.45) is 0 Å². The molecule has 2 aliphatic rings. The van der Waals surface area contributed by atoms with Crippen LogP contribution in [0, 0.1) is 4.77 Å². The Balaban J connectivity index is 1.83. The average Bonchev–Trinajstić information content (AvgIpc) is 3.16. The van der Waals surface area contributed by atoms with Crippen LogP contribution in [-0.4, -0.2) is 39.1 Å². The van der Waals surface area contributed by atoms with Crippen LogP contribution in [0.15, 0.2) is 30.9 Å². The number of benzene rings is 1. The van der Waals surface area contributed by atoms with E-state index in [-0.39, 0.29) is 24.3 Å². The number of ether oxygens (including phenoxy) is 2. The fraction of sp³-hybridized carbons (Fsp3) is 0.353. The molecule has 3 heterocycles. The molecule has 6 nitrogen and oxygen atoms in total. The van der Waals surface area contributed by atoms with Gasteiger partial charge in [-0.25, -0.2) is 4.68 Å². The summed E-state index contributed by atoms with van der Waals surface area (Å²) in [6.45, 7) is 4.58. The summed E-state index contributed by atoms with van der Waals surface area (Å²) in [6.07, 6.45) is 0.977. The first kappa shape index (κ1) is 17.9. The average molecular weight is 412 g/mol. The highest BCUT2D eigenvalue weighted by Crippen LogP contribution is 2.35. The van der Waals surface area contributed by atoms with E-state index in [1.807, 2.05) is 4.57 Å². The van der Waals surface area contributed by atoms with Gasteiger partial charge in [-0.2, -0.15) is 5.10 Å². The van der Waals surface area contributed by atoms with Gasteiger partial charge in [0.05, 0.1) is 17.7 Å². The van der Waals surface area contributed by atoms with Crippen molar-refractivity contribution in [2.45, 2.75) is 31.4 Å². The van der Waals surface area contributed by atoms with Gasteiger partial charge in [-0.3, -0.25) is 9.36 Å². The molecule has 2 bridgehead atoms. The number of nitrogens with zero attached hydrogens (tertiary/aromatic N) is 3. The maximum absolute atomic E-state index is 12.1. The van der Waals surface area contributed by atoms with Gasteiger partial charge in [-0.05, 0) is 30.4 Å². The molecule has 2 aromatic rings. The second-order valence-corrected chi connectivity index (χ2v) is 7.36. The topological polar surface area (TPSA) is 58.3 Å². The van der Waals surface area contributed by atoms with Gasteiger partial charge in [0, 0.05) is 23.6 Å². The number of hydrogen-bond donors (Lipinski definition) is 0. The first-order valence-electron chi connectivity index (χ1n) is 8.05. The molecule has 0 amide bonds. The molecule has 0 radical (unpaired) electrons. The van der Waals surface area contributed by atoms with Crippen molar-refractivity contribution >= 4 is 41.2 Å². The maximum atomic E-state index is 12.1. The SMILES string of the molecule is C=CCn1c(-c2ccc(Cl)cc2Cl)nn([C@H]2CC(=O)[C@H]3OC[C@H]2O3)c1=S. The van der Waals surface area contributed by atoms with E-state index in [1.165, 1.54) is 0 Å². The van der Waals surface area contributed by atoms with Crippen molar-refractivity contribution in [1.82, 2.24) is 14.3 Å². The third-order valence-electron chi connectivity index (χ3n) is 4.50. The van der Waals surface area contributed by atoms with Crippen molar-refractivity contribution in [3.63, 3.8) is 0 Å². The fourth-order valence-corrected chi connectivity index (χ4v) is 4.09. The Kier molecular flexibility index (Phi) is 4.75. The highest BCUT2D eigenvalue weighted by Gasteiger charge is 2.45. The van der Waals surface area contributed by atoms with E-state index >= 15 is 0 Å². The summed E-state index contributed by atoms with van der Waals surface area (Å²) in [5, 5.41) is 5.68. The zero-order valence-electron chi connectivity index (χ0n) is 13.6. The van der Waals surface area contributed by atoms with E-state index in [4.69, 9.17) is 44.9 Å². The number of hydrogen-bond acceptors (Lipinski definition) is 5. The van der Waals surface area contributed by atoms with Gasteiger partial charge in [0.1, 0.15) is 6.10 Å². The summed E-state index contributed by atoms with van der Waals surface area (Å²) < 4.78 is 15.0. The zero-order chi connectivity index (χ0) is 18.4. The van der Waals surface area contributed by atoms with Crippen molar-refractivity contribution in [2.75, 3.05) is 6.61 Å². The molecule has 0 aliphatic carbocycles. The quantitative estimate of drug-likeness (QED) is 0.565. The Morgan fingerprint density at radius 1 is 1.42 bits per heavy atom. The lowest BCUT2D eigenvalue weighted by atomic mass is 10.0. The molecule has 2 fully saturated rings. The number of halogens is 2. The van der Waals surface area contributed by atoms with Crippen LogP contribution in [0.25, 0.3) is 11.4 Å². The monoisotopic (exact) mass is 411 g/mol. The van der Waals surface area contributed by atoms with Crippen LogP contribution in [0.4, 0.5) is 0 Å². The van der Waals surface area contributed by atoms with Crippen LogP contribution in [0.2, 0.25) is 10.0 Å². The number of rotatable bonds is 4. The minimum absolute atomic E-state index is 0.102. The van der Waals surface area contributed by atoms with Crippen molar-refractivity contribution in [1.29, 1.82) is 0 Å². The van der Waals surface area contributed by atoms with Crippen LogP contribution >= 0.6 is 35.4 Å². The predicted octanol–water partition coefficient (Wildman–Crippen LogP) is 3.83. The van der Waals surface area contributed by atoms with Gasteiger partial charge in [0.2, 0.25) is 6.29 Å². The largest absolute Gasteiger partial charge is 0.343 e. The Labute approximate surface area is 164 Å². The summed E-state index contributed by atoms with van der Waals surface area (Å²) in [5.41, 5.74) is 0.700. The minimum atomic E-state index is -0.758. The molecule has 1 aromatic carbocycles. The molecule has 2 saturated heterocycles. The van der Waals surface area contributed by atoms with Gasteiger partial charge < -0.3 is 9.47 Å². The molecule has 0 unspecified atom stereocenters. The molecule has 4 rings (SSSR count). The van der Waals surface area contributed by atoms with E-state index in [0.29, 0.717) is 39.4 Å². The lowest BCUT2D eigenvalue weighted by Crippen LogP contribution is -2.37. The highest BCUT2D eigenvalue weighted by atomic mass is 35.5. The van der Waals surface area contributed by atoms with Gasteiger partial charge in [-0.1, -0.05) is 29.3 Å². The maximum Gasteiger partial charge on any atom is 0.218 e. The molecule has 9 heteroatoms. The number of ketones is 1. The number of carbonyl (C=O) groups is 1. The predicted molar refractivity (Wildman–Crippen MR) is 100.0 cm³/mol. The number of carbonyl (C=O) groups excluding carboxylic acids is 1. The molecule has 136 valence electrons. The second kappa shape index (κ2) is 6.90. The van der Waals surface area contributed by atoms with Crippen LogP contribution in [0.5, 0.6) is 0 Å². The van der Waals surface area contributed by atoms with Gasteiger partial charge in [0.25, 0.3) is 0 Å². The fourth-order valence-electron chi connectivity index (χ4n) is 3.26. The van der Waals surface area contributed by atoms with E-state index in [1.54, 1.807) is 29.0 Å². The molecule has 1 aromatic heterocycles. The third kappa shape index (κ3) is 2.93. The Morgan fingerprint density at radius 3 is 2.96 bits per heavy atom. The molecule has 2 aliphatic heterocycles. The molecular formula is C17H15Cl2N3O3S. The minimum Gasteiger partial charge on any atom is -0.343 e. The van der Waals surface area contributed by atoms with E-state index in [9.17, 15) is 4.79 Å². The first-order valence-corrected chi connectivity index (χ1v) is 9.21. The lowest BCUT2D eigenvalue weighted by Gasteiger charge is -2.26. The third-order valence-corrected chi connectivity index (χ3v) is 5.45. The standard InChI is InChI=1S/C17H15Cl2N3O3S/c1-2-5-21-15(10-4-3-9(18)6-11(10)19)20-22(17(21)26)12-7-13(23)16-24-8-14(12)25-16/h2-4,6,12,14,16H,1,5,7-8H2/t12-,14+,16-/m0/s1. The van der Waals surface area contributed by atoms with E-state index in [2.05, 4.69) is 11.7 Å². The summed E-state index contributed by atoms with van der Waals surface area (Å²) >= 11 is 18.0. The normalized spacial score (nSPS) is 24.8. The summed E-state index contributed by atoms with van der Waals surface area (Å²) in [7, 11) is 0. The lowest BCUT2D eigenvalue weighted by molar-refractivity contribution is -0.156. The highest BCUT2D eigenvalue weighted by molar-refractivity contribution is 7.71. The van der Waals surface area contributed by atoms with Crippen molar-refractivity contribution in [3.05, 3.63) is 45.7 Å². The smallest absolute Gasteiger partial charge is 0.218 e. The second-order valence-electron chi connectivity index (χ2n) is 6.15. The molecule has 0 spiro atoms. The number of allylic oxidation sites excluding steroid dienone is 1. The molecule has 3 atom stereocenters. The summed E-state index contributed by atoms with van der Waals surface area (Å²) in [6, 6.07) is 4.88. The van der Waals surface area contributed by atoms with E-state index < -0.39 is 6.29 Å². The molecule has 0 saturated carbocycles. The van der Waals surface area contributed by atoms with Crippen LogP contribution in [0.1, 0.15) is 12.5 Å². The number of fused-ring (bicyclic) bond motifs is 2. The van der Waals surface area contributed by atoms with Crippen LogP contribution in [0.3, 0.4) is 0 Å². The molecular weight excluding hydrogens is 397 g/mol. The van der Waals surface area contributed by atoms with Gasteiger partial charge in [0.15, 0.2) is 16.4 Å². The van der Waals surface area contributed by atoms with Gasteiger partial charge >= 0.3 is 0 Å².